The molecule has 0 radical (unpaired) electrons. The van der Waals surface area contributed by atoms with Crippen molar-refractivity contribution in [3.8, 4) is 0 Å². The third-order valence-electron chi connectivity index (χ3n) is 3.53. The molecular formula is C17H19FN2O3S. The van der Waals surface area contributed by atoms with Gasteiger partial charge < -0.3 is 10.0 Å². The molecule has 5 nitrogen and oxygen atoms in total. The van der Waals surface area contributed by atoms with Gasteiger partial charge in [0.2, 0.25) is 5.91 Å². The topological polar surface area (TPSA) is 70.5 Å². The van der Waals surface area contributed by atoms with Gasteiger partial charge in [0.1, 0.15) is 5.82 Å². The minimum Gasteiger partial charge on any atom is -0.481 e. The average molecular weight is 350 g/mol. The van der Waals surface area contributed by atoms with Crippen molar-refractivity contribution in [2.45, 2.75) is 26.2 Å². The Bertz CT molecular complexity index is 700. The standard InChI is InChI=1S/C17H19FN2O3S/c1-2-20(8-7-17(22)23)16(21)10-14-11-24-15(19-14)9-12-3-5-13(18)6-4-12/h3-6,11H,2,7-10H2,1H3,(H,22,23). The molecule has 1 heterocycles. The fourth-order valence-corrected chi connectivity index (χ4v) is 3.07. The molecule has 0 fully saturated rings. The van der Waals surface area contributed by atoms with Gasteiger partial charge in [0.25, 0.3) is 0 Å². The minimum absolute atomic E-state index is 0.0630. The first-order valence-electron chi connectivity index (χ1n) is 7.65. The second kappa shape index (κ2) is 8.54. The Balaban J connectivity index is 1.93. The molecule has 0 atom stereocenters. The van der Waals surface area contributed by atoms with Gasteiger partial charge in [0.15, 0.2) is 0 Å². The predicted octanol–water partition coefficient (Wildman–Crippen LogP) is 2.74. The molecule has 7 heteroatoms. The third-order valence-corrected chi connectivity index (χ3v) is 4.43. The normalized spacial score (nSPS) is 10.6. The van der Waals surface area contributed by atoms with Gasteiger partial charge in [-0.25, -0.2) is 9.37 Å². The second-order valence-electron chi connectivity index (χ2n) is 5.33. The van der Waals surface area contributed by atoms with Crippen molar-refractivity contribution in [3.63, 3.8) is 0 Å². The van der Waals surface area contributed by atoms with Crippen molar-refractivity contribution in [1.29, 1.82) is 0 Å². The van der Waals surface area contributed by atoms with Gasteiger partial charge in [-0.3, -0.25) is 9.59 Å². The van der Waals surface area contributed by atoms with Gasteiger partial charge in [-0.1, -0.05) is 12.1 Å². The Kier molecular flexibility index (Phi) is 6.43. The number of hydrogen-bond donors (Lipinski definition) is 1. The van der Waals surface area contributed by atoms with Crippen molar-refractivity contribution in [3.05, 3.63) is 51.7 Å². The highest BCUT2D eigenvalue weighted by Gasteiger charge is 2.15. The van der Waals surface area contributed by atoms with Crippen molar-refractivity contribution in [2.24, 2.45) is 0 Å². The lowest BCUT2D eigenvalue weighted by Gasteiger charge is -2.19. The van der Waals surface area contributed by atoms with Crippen LogP contribution in [-0.4, -0.2) is 40.0 Å². The number of nitrogens with zero attached hydrogens (tertiary/aromatic N) is 2. The Labute approximate surface area is 143 Å². The number of carbonyl (C=O) groups excluding carboxylic acids is 1. The fraction of sp³-hybridized carbons (Fsp3) is 0.353. The van der Waals surface area contributed by atoms with Gasteiger partial charge in [0, 0.05) is 24.9 Å². The van der Waals surface area contributed by atoms with Gasteiger partial charge >= 0.3 is 5.97 Å². The summed E-state index contributed by atoms with van der Waals surface area (Å²) in [6, 6.07) is 6.25. The molecule has 0 bridgehead atoms. The maximum Gasteiger partial charge on any atom is 0.305 e. The molecule has 2 rings (SSSR count). The summed E-state index contributed by atoms with van der Waals surface area (Å²) in [5, 5.41) is 11.4. The van der Waals surface area contributed by atoms with Crippen LogP contribution in [0.25, 0.3) is 0 Å². The van der Waals surface area contributed by atoms with Crippen molar-refractivity contribution < 1.29 is 19.1 Å². The molecule has 1 amide bonds. The van der Waals surface area contributed by atoms with E-state index in [2.05, 4.69) is 4.98 Å². The zero-order valence-corrected chi connectivity index (χ0v) is 14.2. The smallest absolute Gasteiger partial charge is 0.305 e. The molecule has 24 heavy (non-hydrogen) atoms. The first kappa shape index (κ1) is 18.1. The largest absolute Gasteiger partial charge is 0.481 e. The van der Waals surface area contributed by atoms with Crippen LogP contribution >= 0.6 is 11.3 Å². The summed E-state index contributed by atoms with van der Waals surface area (Å²) in [7, 11) is 0. The average Bonchev–Trinajstić information content (AvgIpc) is 2.97. The van der Waals surface area contributed by atoms with Crippen LogP contribution in [0.3, 0.4) is 0 Å². The van der Waals surface area contributed by atoms with Crippen molar-refractivity contribution in [1.82, 2.24) is 9.88 Å². The monoisotopic (exact) mass is 350 g/mol. The zero-order chi connectivity index (χ0) is 17.5. The Morgan fingerprint density at radius 3 is 2.62 bits per heavy atom. The van der Waals surface area contributed by atoms with Gasteiger partial charge in [0.05, 0.1) is 23.5 Å². The number of carboxylic acid groups (broad SMARTS) is 1. The Morgan fingerprint density at radius 2 is 2.00 bits per heavy atom. The summed E-state index contributed by atoms with van der Waals surface area (Å²) in [6.45, 7) is 2.50. The van der Waals surface area contributed by atoms with E-state index in [1.807, 2.05) is 12.3 Å². The lowest BCUT2D eigenvalue weighted by Crippen LogP contribution is -2.34. The molecule has 1 aromatic carbocycles. The highest BCUT2D eigenvalue weighted by molar-refractivity contribution is 7.09. The molecule has 1 aromatic heterocycles. The van der Waals surface area contributed by atoms with E-state index in [0.717, 1.165) is 10.6 Å². The molecular weight excluding hydrogens is 331 g/mol. The number of halogens is 1. The zero-order valence-electron chi connectivity index (χ0n) is 13.4. The SMILES string of the molecule is CCN(CCC(=O)O)C(=O)Cc1csc(Cc2ccc(F)cc2)n1. The number of likely N-dealkylation sites (N-methyl/N-ethyl adjacent to an activating group) is 1. The van der Waals surface area contributed by atoms with E-state index in [9.17, 15) is 14.0 Å². The van der Waals surface area contributed by atoms with E-state index >= 15 is 0 Å². The Morgan fingerprint density at radius 1 is 1.29 bits per heavy atom. The predicted molar refractivity (Wildman–Crippen MR) is 89.5 cm³/mol. The number of hydrogen-bond acceptors (Lipinski definition) is 4. The molecule has 128 valence electrons. The number of aliphatic carboxylic acids is 1. The lowest BCUT2D eigenvalue weighted by molar-refractivity contribution is -0.138. The third kappa shape index (κ3) is 5.42. The fourth-order valence-electron chi connectivity index (χ4n) is 2.24. The maximum atomic E-state index is 12.9. The summed E-state index contributed by atoms with van der Waals surface area (Å²) >= 11 is 1.46. The van der Waals surface area contributed by atoms with Crippen molar-refractivity contribution in [2.75, 3.05) is 13.1 Å². The van der Waals surface area contributed by atoms with E-state index in [1.54, 1.807) is 12.1 Å². The van der Waals surface area contributed by atoms with E-state index in [-0.39, 0.29) is 31.1 Å². The number of aromatic nitrogens is 1. The second-order valence-corrected chi connectivity index (χ2v) is 6.27. The van der Waals surface area contributed by atoms with Crippen LogP contribution in [0, 0.1) is 5.82 Å². The van der Waals surface area contributed by atoms with Crippen LogP contribution in [0.2, 0.25) is 0 Å². The molecule has 0 spiro atoms. The summed E-state index contributed by atoms with van der Waals surface area (Å²) in [6.07, 6.45) is 0.690. The molecule has 0 unspecified atom stereocenters. The molecule has 0 saturated heterocycles. The highest BCUT2D eigenvalue weighted by Crippen LogP contribution is 2.16. The summed E-state index contributed by atoms with van der Waals surface area (Å²) in [4.78, 5) is 28.8. The number of carboxylic acids is 1. The van der Waals surface area contributed by atoms with Crippen LogP contribution < -0.4 is 0 Å². The molecule has 0 aliphatic rings. The first-order chi connectivity index (χ1) is 11.5. The number of benzene rings is 1. The van der Waals surface area contributed by atoms with E-state index < -0.39 is 5.97 Å². The summed E-state index contributed by atoms with van der Waals surface area (Å²) in [5.74, 6) is -1.32. The van der Waals surface area contributed by atoms with E-state index in [0.29, 0.717) is 18.7 Å². The van der Waals surface area contributed by atoms with Crippen molar-refractivity contribution >= 4 is 23.2 Å². The molecule has 0 aliphatic heterocycles. The van der Waals surface area contributed by atoms with Gasteiger partial charge in [-0.05, 0) is 24.6 Å². The highest BCUT2D eigenvalue weighted by atomic mass is 32.1. The minimum atomic E-state index is -0.920. The van der Waals surface area contributed by atoms with Crippen LogP contribution in [0.1, 0.15) is 29.6 Å². The molecule has 2 aromatic rings. The molecule has 0 aliphatic carbocycles. The van der Waals surface area contributed by atoms with Crippen LogP contribution in [0.5, 0.6) is 0 Å². The lowest BCUT2D eigenvalue weighted by atomic mass is 10.1. The first-order valence-corrected chi connectivity index (χ1v) is 8.53. The van der Waals surface area contributed by atoms with Crippen LogP contribution in [0.4, 0.5) is 4.39 Å². The number of thiazole rings is 1. The molecule has 1 N–H and O–H groups in total. The van der Waals surface area contributed by atoms with E-state index in [4.69, 9.17) is 5.11 Å². The maximum absolute atomic E-state index is 12.9. The molecule has 0 saturated carbocycles. The number of amides is 1. The number of rotatable bonds is 8. The Hall–Kier alpha value is -2.28. The van der Waals surface area contributed by atoms with Crippen LogP contribution in [0.15, 0.2) is 29.6 Å². The number of carbonyl (C=O) groups is 2. The summed E-state index contributed by atoms with van der Waals surface area (Å²) in [5.41, 5.74) is 1.64. The van der Waals surface area contributed by atoms with Gasteiger partial charge in [-0.2, -0.15) is 0 Å². The van der Waals surface area contributed by atoms with Crippen LogP contribution in [-0.2, 0) is 22.4 Å². The van der Waals surface area contributed by atoms with E-state index in [1.165, 1.54) is 28.4 Å². The van der Waals surface area contributed by atoms with Gasteiger partial charge in [-0.15, -0.1) is 11.3 Å². The summed E-state index contributed by atoms with van der Waals surface area (Å²) < 4.78 is 12.9. The quantitative estimate of drug-likeness (QED) is 0.795.